The molecule has 152 valence electrons. The number of nitrogens with zero attached hydrogens (tertiary/aromatic N) is 2. The molecule has 0 aliphatic carbocycles. The van der Waals surface area contributed by atoms with Gasteiger partial charge in [0.1, 0.15) is 5.69 Å². The van der Waals surface area contributed by atoms with Crippen LogP contribution in [0.15, 0.2) is 48.7 Å². The van der Waals surface area contributed by atoms with E-state index in [9.17, 15) is 13.2 Å². The molecule has 1 atom stereocenters. The van der Waals surface area contributed by atoms with Crippen LogP contribution in [-0.2, 0) is 14.8 Å². The van der Waals surface area contributed by atoms with E-state index in [-0.39, 0.29) is 24.1 Å². The lowest BCUT2D eigenvalue weighted by Gasteiger charge is -2.31. The first-order chi connectivity index (χ1) is 14.0. The van der Waals surface area contributed by atoms with Gasteiger partial charge in [-0.2, -0.15) is 0 Å². The first kappa shape index (κ1) is 21.0. The number of rotatable bonds is 5. The maximum atomic E-state index is 12.7. The van der Waals surface area contributed by atoms with Gasteiger partial charge in [0.05, 0.1) is 11.7 Å². The molecule has 1 aromatic carbocycles. The van der Waals surface area contributed by atoms with E-state index in [1.807, 2.05) is 43.3 Å². The normalized spacial score (nSPS) is 17.2. The van der Waals surface area contributed by atoms with Gasteiger partial charge in [-0.1, -0.05) is 25.0 Å². The number of anilines is 1. The van der Waals surface area contributed by atoms with Crippen molar-refractivity contribution < 1.29 is 13.2 Å². The third-order valence-corrected chi connectivity index (χ3v) is 6.78. The van der Waals surface area contributed by atoms with E-state index in [0.29, 0.717) is 37.2 Å². The molecule has 0 radical (unpaired) electrons. The van der Waals surface area contributed by atoms with Crippen molar-refractivity contribution in [3.63, 3.8) is 0 Å². The van der Waals surface area contributed by atoms with Crippen LogP contribution < -0.4 is 5.32 Å². The predicted octanol–water partition coefficient (Wildman–Crippen LogP) is 2.87. The Kier molecular flexibility index (Phi) is 7.02. The zero-order valence-corrected chi connectivity index (χ0v) is 17.3. The molecule has 0 bridgehead atoms. The summed E-state index contributed by atoms with van der Waals surface area (Å²) in [5.41, 5.74) is 2.10. The molecule has 1 unspecified atom stereocenters. The van der Waals surface area contributed by atoms with E-state index in [4.69, 9.17) is 0 Å². The van der Waals surface area contributed by atoms with Gasteiger partial charge in [-0.05, 0) is 55.5 Å². The number of hydrogen-bond donors (Lipinski definition) is 1. The smallest absolute Gasteiger partial charge is 0.228 e. The summed E-state index contributed by atoms with van der Waals surface area (Å²) < 4.78 is 26.1. The lowest BCUT2D eigenvalue weighted by atomic mass is 9.98. The summed E-state index contributed by atoms with van der Waals surface area (Å²) in [7, 11) is -3.28. The van der Waals surface area contributed by atoms with Crippen LogP contribution >= 0.6 is 0 Å². The number of benzene rings is 1. The van der Waals surface area contributed by atoms with Gasteiger partial charge >= 0.3 is 0 Å². The van der Waals surface area contributed by atoms with Crippen LogP contribution in [0.3, 0.4) is 0 Å². The minimum atomic E-state index is -3.28. The lowest BCUT2D eigenvalue weighted by Crippen LogP contribution is -2.44. The average molecular weight is 412 g/mol. The quantitative estimate of drug-likeness (QED) is 0.768. The summed E-state index contributed by atoms with van der Waals surface area (Å²) in [5, 5.41) is 2.91. The molecule has 7 heteroatoms. The molecule has 0 saturated carbocycles. The minimum absolute atomic E-state index is 0.123. The van der Waals surface area contributed by atoms with Gasteiger partial charge in [0.2, 0.25) is 15.9 Å². The molecule has 29 heavy (non-hydrogen) atoms. The summed E-state index contributed by atoms with van der Waals surface area (Å²) in [4.78, 5) is 16.9. The van der Waals surface area contributed by atoms with Crippen molar-refractivity contribution in [2.24, 2.45) is 5.92 Å². The van der Waals surface area contributed by atoms with Gasteiger partial charge in [-0.3, -0.25) is 4.79 Å². The minimum Gasteiger partial charge on any atom is -0.326 e. The second-order valence-corrected chi connectivity index (χ2v) is 9.14. The largest absolute Gasteiger partial charge is 0.326 e. The van der Waals surface area contributed by atoms with Crippen LogP contribution in [0.2, 0.25) is 0 Å². The van der Waals surface area contributed by atoms with Crippen LogP contribution in [0.4, 0.5) is 5.69 Å². The first-order valence-corrected chi connectivity index (χ1v) is 11.4. The number of sulfonamides is 1. The second-order valence-electron chi connectivity index (χ2n) is 7.05. The number of carbonyl (C=O) groups is 1. The molecule has 1 aliphatic rings. The molecule has 1 aliphatic heterocycles. The van der Waals surface area contributed by atoms with Gasteiger partial charge in [0.25, 0.3) is 0 Å². The van der Waals surface area contributed by atoms with E-state index >= 15 is 0 Å². The van der Waals surface area contributed by atoms with Crippen molar-refractivity contribution in [2.45, 2.75) is 26.2 Å². The van der Waals surface area contributed by atoms with Crippen molar-refractivity contribution in [3.8, 4) is 11.8 Å². The van der Waals surface area contributed by atoms with Gasteiger partial charge in [-0.15, -0.1) is 0 Å². The fourth-order valence-electron chi connectivity index (χ4n) is 3.29. The molecule has 0 spiro atoms. The summed E-state index contributed by atoms with van der Waals surface area (Å²) in [6, 6.07) is 12.9. The molecule has 1 saturated heterocycles. The van der Waals surface area contributed by atoms with E-state index < -0.39 is 10.0 Å². The Morgan fingerprint density at radius 2 is 2.10 bits per heavy atom. The summed E-state index contributed by atoms with van der Waals surface area (Å²) in [5.74, 6) is 5.65. The summed E-state index contributed by atoms with van der Waals surface area (Å²) >= 11 is 0. The first-order valence-electron chi connectivity index (χ1n) is 9.80. The Hall–Kier alpha value is -2.69. The third kappa shape index (κ3) is 5.89. The highest BCUT2D eigenvalue weighted by Crippen LogP contribution is 2.22. The van der Waals surface area contributed by atoms with E-state index in [1.54, 1.807) is 12.3 Å². The lowest BCUT2D eigenvalue weighted by molar-refractivity contribution is -0.120. The fourth-order valence-corrected chi connectivity index (χ4v) is 4.88. The monoisotopic (exact) mass is 411 g/mol. The molecular formula is C22H25N3O3S. The van der Waals surface area contributed by atoms with Crippen molar-refractivity contribution in [1.82, 2.24) is 9.29 Å². The Labute approximate surface area is 172 Å². The SMILES string of the molecule is CCCS(=O)(=O)N1CCCC(C(=O)Nc2cccc(C#Cc3ccccn3)c2)C1. The Morgan fingerprint density at radius 3 is 2.86 bits per heavy atom. The number of aromatic nitrogens is 1. The number of piperidine rings is 1. The van der Waals surface area contributed by atoms with Crippen LogP contribution in [0.1, 0.15) is 37.4 Å². The molecule has 1 amide bonds. The fraction of sp³-hybridized carbons (Fsp3) is 0.364. The topological polar surface area (TPSA) is 79.4 Å². The molecule has 1 aromatic heterocycles. The number of nitrogens with one attached hydrogen (secondary N) is 1. The van der Waals surface area contributed by atoms with Crippen molar-refractivity contribution >= 4 is 21.6 Å². The van der Waals surface area contributed by atoms with Crippen molar-refractivity contribution in [3.05, 3.63) is 59.9 Å². The molecule has 2 aromatic rings. The molecular weight excluding hydrogens is 386 g/mol. The predicted molar refractivity (Wildman–Crippen MR) is 114 cm³/mol. The van der Waals surface area contributed by atoms with Gasteiger partial charge < -0.3 is 5.32 Å². The zero-order valence-electron chi connectivity index (χ0n) is 16.5. The highest BCUT2D eigenvalue weighted by molar-refractivity contribution is 7.89. The maximum absolute atomic E-state index is 12.7. The number of carbonyl (C=O) groups excluding carboxylic acids is 1. The maximum Gasteiger partial charge on any atom is 0.228 e. The highest BCUT2D eigenvalue weighted by atomic mass is 32.2. The van der Waals surface area contributed by atoms with Gasteiger partial charge in [0.15, 0.2) is 0 Å². The number of pyridine rings is 1. The van der Waals surface area contributed by atoms with Crippen LogP contribution in [-0.4, -0.2) is 42.5 Å². The van der Waals surface area contributed by atoms with Crippen LogP contribution in [0.25, 0.3) is 0 Å². The number of hydrogen-bond acceptors (Lipinski definition) is 4. The second kappa shape index (κ2) is 9.68. The Morgan fingerprint density at radius 1 is 1.24 bits per heavy atom. The van der Waals surface area contributed by atoms with Crippen molar-refractivity contribution in [1.29, 1.82) is 0 Å². The summed E-state index contributed by atoms with van der Waals surface area (Å²) in [6.45, 7) is 2.58. The van der Waals surface area contributed by atoms with Crippen LogP contribution in [0.5, 0.6) is 0 Å². The van der Waals surface area contributed by atoms with E-state index in [1.165, 1.54) is 4.31 Å². The Bertz CT molecular complexity index is 1010. The van der Waals surface area contributed by atoms with Gasteiger partial charge in [-0.25, -0.2) is 17.7 Å². The molecule has 1 N–H and O–H groups in total. The Balaban J connectivity index is 1.66. The molecule has 6 nitrogen and oxygen atoms in total. The van der Waals surface area contributed by atoms with Gasteiger partial charge in [0, 0.05) is 30.5 Å². The van der Waals surface area contributed by atoms with E-state index in [2.05, 4.69) is 22.1 Å². The standard InChI is InChI=1S/C22H25N3O3S/c1-2-15-29(27,28)25-14-6-8-19(17-25)22(26)24-21-10-5-7-18(16-21)11-12-20-9-3-4-13-23-20/h3-5,7,9-10,13,16,19H,2,6,8,14-15,17H2,1H3,(H,24,26). The molecule has 2 heterocycles. The third-order valence-electron chi connectivity index (χ3n) is 4.74. The summed E-state index contributed by atoms with van der Waals surface area (Å²) in [6.07, 6.45) is 3.64. The zero-order chi connectivity index (χ0) is 20.7. The molecule has 3 rings (SSSR count). The number of amides is 1. The van der Waals surface area contributed by atoms with E-state index in [0.717, 1.165) is 5.56 Å². The molecule has 1 fully saturated rings. The average Bonchev–Trinajstić information content (AvgIpc) is 2.73. The van der Waals surface area contributed by atoms with Crippen LogP contribution in [0, 0.1) is 17.8 Å². The van der Waals surface area contributed by atoms with Crippen molar-refractivity contribution in [2.75, 3.05) is 24.2 Å². The highest BCUT2D eigenvalue weighted by Gasteiger charge is 2.31.